The van der Waals surface area contributed by atoms with E-state index in [1.54, 1.807) is 12.1 Å². The molecular formula is C26H31NO2. The molecule has 0 radical (unpaired) electrons. The molecule has 3 N–H and O–H groups in total. The average Bonchev–Trinajstić information content (AvgIpc) is 2.66. The molecule has 0 saturated carbocycles. The lowest BCUT2D eigenvalue weighted by molar-refractivity contribution is 0.0696. The van der Waals surface area contributed by atoms with E-state index in [-0.39, 0.29) is 16.9 Å². The lowest BCUT2D eigenvalue weighted by Gasteiger charge is -2.42. The fraction of sp³-hybridized carbons (Fsp3) is 0.423. The summed E-state index contributed by atoms with van der Waals surface area (Å²) in [6, 6.07) is 9.97. The van der Waals surface area contributed by atoms with E-state index in [9.17, 15) is 9.90 Å². The maximum absolute atomic E-state index is 11.4. The Hall–Kier alpha value is -2.39. The first kappa shape index (κ1) is 19.9. The van der Waals surface area contributed by atoms with Gasteiger partial charge in [0.15, 0.2) is 0 Å². The van der Waals surface area contributed by atoms with Crippen LogP contribution >= 0.6 is 0 Å². The Morgan fingerprint density at radius 1 is 1.00 bits per heavy atom. The van der Waals surface area contributed by atoms with Gasteiger partial charge in [-0.3, -0.25) is 0 Å². The number of rotatable bonds is 2. The van der Waals surface area contributed by atoms with E-state index >= 15 is 0 Å². The van der Waals surface area contributed by atoms with Crippen molar-refractivity contribution in [3.05, 3.63) is 75.4 Å². The molecule has 3 heteroatoms. The molecule has 2 aliphatic rings. The third-order valence-electron chi connectivity index (χ3n) is 7.05. The fourth-order valence-corrected chi connectivity index (χ4v) is 5.00. The molecule has 2 aliphatic carbocycles. The molecule has 1 unspecified atom stereocenters. The second-order valence-electron chi connectivity index (χ2n) is 10.0. The predicted molar refractivity (Wildman–Crippen MR) is 118 cm³/mol. The SMILES string of the molecule is Cc1cc2c(cc1C1=CCC(N)c3cc(C(=O)O)ccc31)C(C)(C)CCC2(C)C. The quantitative estimate of drug-likeness (QED) is 0.674. The van der Waals surface area contributed by atoms with Gasteiger partial charge in [0.05, 0.1) is 5.56 Å². The van der Waals surface area contributed by atoms with Crippen molar-refractivity contribution in [2.45, 2.75) is 70.8 Å². The zero-order valence-corrected chi connectivity index (χ0v) is 18.1. The van der Waals surface area contributed by atoms with Crippen LogP contribution in [0.3, 0.4) is 0 Å². The lowest BCUT2D eigenvalue weighted by Crippen LogP contribution is -2.34. The lowest BCUT2D eigenvalue weighted by atomic mass is 9.62. The van der Waals surface area contributed by atoms with Crippen LogP contribution < -0.4 is 5.73 Å². The van der Waals surface area contributed by atoms with E-state index in [4.69, 9.17) is 5.73 Å². The minimum absolute atomic E-state index is 0.148. The Balaban J connectivity index is 1.90. The van der Waals surface area contributed by atoms with Crippen molar-refractivity contribution in [3.8, 4) is 0 Å². The summed E-state index contributed by atoms with van der Waals surface area (Å²) < 4.78 is 0. The number of carboxylic acid groups (broad SMARTS) is 1. The summed E-state index contributed by atoms with van der Waals surface area (Å²) in [5.41, 5.74) is 15.6. The van der Waals surface area contributed by atoms with Crippen LogP contribution in [0.15, 0.2) is 36.4 Å². The van der Waals surface area contributed by atoms with Gasteiger partial charge in [-0.2, -0.15) is 0 Å². The van der Waals surface area contributed by atoms with Crippen molar-refractivity contribution >= 4 is 11.5 Å². The van der Waals surface area contributed by atoms with Crippen molar-refractivity contribution in [2.24, 2.45) is 5.73 Å². The highest BCUT2D eigenvalue weighted by molar-refractivity contribution is 5.91. The average molecular weight is 390 g/mol. The zero-order chi connectivity index (χ0) is 21.1. The van der Waals surface area contributed by atoms with Crippen LogP contribution in [0.5, 0.6) is 0 Å². The largest absolute Gasteiger partial charge is 0.478 e. The van der Waals surface area contributed by atoms with Gasteiger partial charge in [0.2, 0.25) is 0 Å². The van der Waals surface area contributed by atoms with Crippen LogP contribution in [-0.4, -0.2) is 11.1 Å². The fourth-order valence-electron chi connectivity index (χ4n) is 5.00. The monoisotopic (exact) mass is 389 g/mol. The normalized spacial score (nSPS) is 21.7. The molecule has 152 valence electrons. The summed E-state index contributed by atoms with van der Waals surface area (Å²) in [6.07, 6.45) is 5.32. The van der Waals surface area contributed by atoms with Crippen LogP contribution in [0.1, 0.15) is 96.7 Å². The molecule has 0 aromatic heterocycles. The Kier molecular flexibility index (Phi) is 4.51. The summed E-state index contributed by atoms with van der Waals surface area (Å²) in [4.78, 5) is 11.4. The van der Waals surface area contributed by atoms with Gasteiger partial charge in [-0.1, -0.05) is 52.0 Å². The van der Waals surface area contributed by atoms with Crippen molar-refractivity contribution < 1.29 is 9.90 Å². The van der Waals surface area contributed by atoms with Gasteiger partial charge < -0.3 is 10.8 Å². The van der Waals surface area contributed by atoms with Gasteiger partial charge in [0.25, 0.3) is 0 Å². The Bertz CT molecular complexity index is 1040. The second-order valence-corrected chi connectivity index (χ2v) is 10.0. The van der Waals surface area contributed by atoms with E-state index in [0.29, 0.717) is 5.56 Å². The predicted octanol–water partition coefficient (Wildman–Crippen LogP) is 5.88. The highest BCUT2D eigenvalue weighted by atomic mass is 16.4. The molecule has 0 saturated heterocycles. The third kappa shape index (κ3) is 3.22. The number of benzene rings is 2. The molecule has 1 atom stereocenters. The molecule has 0 aliphatic heterocycles. The number of aryl methyl sites for hydroxylation is 1. The number of carboxylic acids is 1. The number of carbonyl (C=O) groups is 1. The Morgan fingerprint density at radius 2 is 1.62 bits per heavy atom. The summed E-state index contributed by atoms with van der Waals surface area (Å²) in [5.74, 6) is -0.912. The minimum Gasteiger partial charge on any atom is -0.478 e. The molecule has 2 aromatic rings. The minimum atomic E-state index is -0.912. The summed E-state index contributed by atoms with van der Waals surface area (Å²) in [7, 11) is 0. The topological polar surface area (TPSA) is 63.3 Å². The Labute approximate surface area is 173 Å². The molecule has 0 fully saturated rings. The van der Waals surface area contributed by atoms with Crippen LogP contribution in [-0.2, 0) is 10.8 Å². The number of nitrogens with two attached hydrogens (primary N) is 1. The first-order valence-corrected chi connectivity index (χ1v) is 10.5. The smallest absolute Gasteiger partial charge is 0.335 e. The molecule has 3 nitrogen and oxygen atoms in total. The molecular weight excluding hydrogens is 358 g/mol. The molecule has 0 bridgehead atoms. The highest BCUT2D eigenvalue weighted by Crippen LogP contribution is 2.48. The van der Waals surface area contributed by atoms with Crippen molar-refractivity contribution in [3.63, 3.8) is 0 Å². The van der Waals surface area contributed by atoms with Crippen molar-refractivity contribution in [2.75, 3.05) is 0 Å². The number of aromatic carboxylic acids is 1. The van der Waals surface area contributed by atoms with E-state index in [1.807, 2.05) is 6.07 Å². The van der Waals surface area contributed by atoms with Crippen LogP contribution in [0.2, 0.25) is 0 Å². The third-order valence-corrected chi connectivity index (χ3v) is 7.05. The van der Waals surface area contributed by atoms with E-state index in [1.165, 1.54) is 40.7 Å². The summed E-state index contributed by atoms with van der Waals surface area (Å²) in [5, 5.41) is 9.38. The number of hydrogen-bond acceptors (Lipinski definition) is 2. The number of hydrogen-bond donors (Lipinski definition) is 2. The van der Waals surface area contributed by atoms with E-state index in [2.05, 4.69) is 52.8 Å². The first-order chi connectivity index (χ1) is 13.5. The van der Waals surface area contributed by atoms with Crippen LogP contribution in [0.25, 0.3) is 5.57 Å². The van der Waals surface area contributed by atoms with Crippen molar-refractivity contribution in [1.82, 2.24) is 0 Å². The van der Waals surface area contributed by atoms with Crippen LogP contribution in [0, 0.1) is 6.92 Å². The maximum Gasteiger partial charge on any atom is 0.335 e. The van der Waals surface area contributed by atoms with E-state index in [0.717, 1.165) is 17.5 Å². The molecule has 0 amide bonds. The van der Waals surface area contributed by atoms with Gasteiger partial charge in [0.1, 0.15) is 0 Å². The summed E-state index contributed by atoms with van der Waals surface area (Å²) >= 11 is 0. The van der Waals surface area contributed by atoms with Crippen LogP contribution in [0.4, 0.5) is 0 Å². The standard InChI is InChI=1S/C26H31NO2/c1-15-12-21-22(26(4,5)11-10-25(21,2)3)14-19(15)17-8-9-23(27)20-13-16(24(28)29)6-7-18(17)20/h6-8,12-14,23H,9-11,27H2,1-5H3,(H,28,29). The second kappa shape index (κ2) is 6.56. The zero-order valence-electron chi connectivity index (χ0n) is 18.1. The molecule has 0 heterocycles. The summed E-state index contributed by atoms with van der Waals surface area (Å²) in [6.45, 7) is 11.6. The molecule has 4 rings (SSSR count). The van der Waals surface area contributed by atoms with Gasteiger partial charge in [-0.15, -0.1) is 0 Å². The highest BCUT2D eigenvalue weighted by Gasteiger charge is 2.38. The Morgan fingerprint density at radius 3 is 2.24 bits per heavy atom. The van der Waals surface area contributed by atoms with Gasteiger partial charge in [0, 0.05) is 6.04 Å². The van der Waals surface area contributed by atoms with Crippen molar-refractivity contribution in [1.29, 1.82) is 0 Å². The van der Waals surface area contributed by atoms with Gasteiger partial charge in [-0.25, -0.2) is 4.79 Å². The maximum atomic E-state index is 11.4. The molecule has 29 heavy (non-hydrogen) atoms. The van der Waals surface area contributed by atoms with Gasteiger partial charge >= 0.3 is 5.97 Å². The van der Waals surface area contributed by atoms with E-state index < -0.39 is 5.97 Å². The van der Waals surface area contributed by atoms with Gasteiger partial charge in [-0.05, 0) is 88.1 Å². The first-order valence-electron chi connectivity index (χ1n) is 10.5. The molecule has 0 spiro atoms. The molecule has 2 aromatic carbocycles. The number of fused-ring (bicyclic) bond motifs is 2.